The van der Waals surface area contributed by atoms with E-state index in [1.54, 1.807) is 0 Å². The third-order valence-electron chi connectivity index (χ3n) is 4.88. The van der Waals surface area contributed by atoms with E-state index in [4.69, 9.17) is 0 Å². The number of rotatable bonds is 1. The molecule has 0 N–H and O–H groups in total. The van der Waals surface area contributed by atoms with Crippen molar-refractivity contribution in [2.45, 2.75) is 64.7 Å². The molecule has 2 rings (SSSR count). The van der Waals surface area contributed by atoms with Crippen LogP contribution in [-0.2, 0) is 0 Å². The maximum absolute atomic E-state index is 14.0. The summed E-state index contributed by atoms with van der Waals surface area (Å²) in [6.45, 7) is 4.11. The highest BCUT2D eigenvalue weighted by Gasteiger charge is 2.42. The molecule has 0 aromatic rings. The van der Waals surface area contributed by atoms with E-state index < -0.39 is 12.3 Å². The highest BCUT2D eigenvalue weighted by molar-refractivity contribution is 4.90. The third-order valence-corrected chi connectivity index (χ3v) is 4.88. The van der Waals surface area contributed by atoms with Crippen LogP contribution in [0.3, 0.4) is 0 Å². The largest absolute Gasteiger partial charge is 0.244 e. The van der Waals surface area contributed by atoms with Crippen LogP contribution in [0.4, 0.5) is 8.78 Å². The van der Waals surface area contributed by atoms with Crippen molar-refractivity contribution >= 4 is 0 Å². The molecule has 2 heteroatoms. The molecule has 0 radical (unpaired) electrons. The van der Waals surface area contributed by atoms with Crippen LogP contribution in [0.2, 0.25) is 0 Å². The standard InChI is InChI=1S/C14H24F2.H2/c1-9-3-6-11(7-4-9)12-8-5-10(2)13(15)14(12)16;/h9-14H,3-8H2,1-2H3;1H. The Morgan fingerprint density at radius 1 is 0.812 bits per heavy atom. The molecule has 4 atom stereocenters. The van der Waals surface area contributed by atoms with E-state index in [2.05, 4.69) is 6.92 Å². The Hall–Kier alpha value is -0.140. The van der Waals surface area contributed by atoms with E-state index in [1.807, 2.05) is 6.92 Å². The van der Waals surface area contributed by atoms with Gasteiger partial charge in [-0.3, -0.25) is 0 Å². The fraction of sp³-hybridized carbons (Fsp3) is 1.00. The van der Waals surface area contributed by atoms with E-state index in [9.17, 15) is 8.78 Å². The van der Waals surface area contributed by atoms with Crippen molar-refractivity contribution in [3.8, 4) is 0 Å². The first-order valence-corrected chi connectivity index (χ1v) is 6.87. The van der Waals surface area contributed by atoms with Crippen molar-refractivity contribution in [3.05, 3.63) is 0 Å². The normalized spacial score (nSPS) is 50.2. The maximum atomic E-state index is 14.0. The summed E-state index contributed by atoms with van der Waals surface area (Å²) in [6.07, 6.45) is 4.03. The Kier molecular flexibility index (Phi) is 3.86. The van der Waals surface area contributed by atoms with Gasteiger partial charge in [-0.1, -0.05) is 26.7 Å². The molecule has 0 spiro atoms. The Balaban J connectivity index is 0.00000144. The van der Waals surface area contributed by atoms with Crippen molar-refractivity contribution in [3.63, 3.8) is 0 Å². The van der Waals surface area contributed by atoms with Gasteiger partial charge in [0.05, 0.1) is 0 Å². The van der Waals surface area contributed by atoms with Crippen molar-refractivity contribution in [1.82, 2.24) is 0 Å². The summed E-state index contributed by atoms with van der Waals surface area (Å²) in [5.74, 6) is 1.18. The van der Waals surface area contributed by atoms with Gasteiger partial charge in [0.25, 0.3) is 0 Å². The molecule has 0 aliphatic heterocycles. The predicted molar refractivity (Wildman–Crippen MR) is 64.9 cm³/mol. The Labute approximate surface area is 99.3 Å². The lowest BCUT2D eigenvalue weighted by atomic mass is 9.68. The highest BCUT2D eigenvalue weighted by atomic mass is 19.2. The second-order valence-corrected chi connectivity index (χ2v) is 6.13. The molecule has 0 saturated heterocycles. The van der Waals surface area contributed by atoms with Crippen LogP contribution >= 0.6 is 0 Å². The lowest BCUT2D eigenvalue weighted by Crippen LogP contribution is -2.41. The summed E-state index contributed by atoms with van der Waals surface area (Å²) >= 11 is 0. The predicted octanol–water partition coefficient (Wildman–Crippen LogP) is 4.78. The van der Waals surface area contributed by atoms with Crippen LogP contribution in [0, 0.1) is 23.7 Å². The minimum absolute atomic E-state index is 0. The van der Waals surface area contributed by atoms with Gasteiger partial charge in [0.1, 0.15) is 12.3 Å². The molecule has 16 heavy (non-hydrogen) atoms. The highest BCUT2D eigenvalue weighted by Crippen LogP contribution is 2.43. The topological polar surface area (TPSA) is 0 Å². The van der Waals surface area contributed by atoms with E-state index in [0.717, 1.165) is 31.6 Å². The summed E-state index contributed by atoms with van der Waals surface area (Å²) in [5, 5.41) is 0. The molecule has 0 bridgehead atoms. The average Bonchev–Trinajstić information content (AvgIpc) is 2.28. The molecule has 96 valence electrons. The van der Waals surface area contributed by atoms with Gasteiger partial charge in [-0.15, -0.1) is 0 Å². The van der Waals surface area contributed by atoms with E-state index in [1.165, 1.54) is 12.8 Å². The van der Waals surface area contributed by atoms with Crippen molar-refractivity contribution in [2.75, 3.05) is 0 Å². The maximum Gasteiger partial charge on any atom is 0.134 e. The molecule has 0 amide bonds. The van der Waals surface area contributed by atoms with Gasteiger partial charge in [0, 0.05) is 1.43 Å². The number of hydrogen-bond acceptors (Lipinski definition) is 0. The molecule has 0 nitrogen and oxygen atoms in total. The monoisotopic (exact) mass is 232 g/mol. The Morgan fingerprint density at radius 3 is 2.06 bits per heavy atom. The molecule has 0 aromatic heterocycles. The van der Waals surface area contributed by atoms with Crippen LogP contribution < -0.4 is 0 Å². The first-order valence-electron chi connectivity index (χ1n) is 6.87. The molecule has 2 fully saturated rings. The molecule has 0 aromatic carbocycles. The van der Waals surface area contributed by atoms with Crippen LogP contribution in [-0.4, -0.2) is 12.3 Å². The van der Waals surface area contributed by atoms with Crippen molar-refractivity contribution in [1.29, 1.82) is 0 Å². The van der Waals surface area contributed by atoms with Gasteiger partial charge in [0.2, 0.25) is 0 Å². The van der Waals surface area contributed by atoms with Crippen LogP contribution in [0.5, 0.6) is 0 Å². The number of halogens is 2. The van der Waals surface area contributed by atoms with Crippen molar-refractivity contribution < 1.29 is 10.2 Å². The molecule has 0 heterocycles. The lowest BCUT2D eigenvalue weighted by Gasteiger charge is -2.40. The van der Waals surface area contributed by atoms with Gasteiger partial charge in [-0.05, 0) is 49.4 Å². The first kappa shape index (κ1) is 12.3. The molecule has 2 aliphatic carbocycles. The van der Waals surface area contributed by atoms with Gasteiger partial charge < -0.3 is 0 Å². The molecule has 2 saturated carbocycles. The Morgan fingerprint density at radius 2 is 1.44 bits per heavy atom. The fourth-order valence-electron chi connectivity index (χ4n) is 3.53. The quantitative estimate of drug-likeness (QED) is 0.610. The Bertz CT molecular complexity index is 226. The van der Waals surface area contributed by atoms with Gasteiger partial charge >= 0.3 is 0 Å². The van der Waals surface area contributed by atoms with Crippen LogP contribution in [0.1, 0.15) is 53.8 Å². The summed E-state index contributed by atoms with van der Waals surface area (Å²) in [7, 11) is 0. The third kappa shape index (κ3) is 2.41. The minimum Gasteiger partial charge on any atom is -0.244 e. The zero-order valence-electron chi connectivity index (χ0n) is 10.5. The SMILES string of the molecule is CC1CCC(C2CCC(C)C(F)C2F)CC1.[HH]. The summed E-state index contributed by atoms with van der Waals surface area (Å²) < 4.78 is 27.7. The van der Waals surface area contributed by atoms with E-state index >= 15 is 0 Å². The van der Waals surface area contributed by atoms with E-state index in [0.29, 0.717) is 5.92 Å². The number of hydrogen-bond donors (Lipinski definition) is 0. The van der Waals surface area contributed by atoms with Crippen LogP contribution in [0.15, 0.2) is 0 Å². The van der Waals surface area contributed by atoms with Crippen molar-refractivity contribution in [2.24, 2.45) is 23.7 Å². The van der Waals surface area contributed by atoms with Crippen LogP contribution in [0.25, 0.3) is 0 Å². The molecule has 4 unspecified atom stereocenters. The zero-order chi connectivity index (χ0) is 11.7. The first-order chi connectivity index (χ1) is 7.59. The average molecular weight is 232 g/mol. The summed E-state index contributed by atoms with van der Waals surface area (Å²) in [6, 6.07) is 0. The van der Waals surface area contributed by atoms with E-state index in [-0.39, 0.29) is 13.3 Å². The lowest BCUT2D eigenvalue weighted by molar-refractivity contribution is -0.00577. The van der Waals surface area contributed by atoms with Gasteiger partial charge in [-0.2, -0.15) is 0 Å². The van der Waals surface area contributed by atoms with Gasteiger partial charge in [-0.25, -0.2) is 8.78 Å². The fourth-order valence-corrected chi connectivity index (χ4v) is 3.53. The smallest absolute Gasteiger partial charge is 0.134 e. The second-order valence-electron chi connectivity index (χ2n) is 6.13. The summed E-state index contributed by atoms with van der Waals surface area (Å²) in [5.41, 5.74) is 0. The van der Waals surface area contributed by atoms with Gasteiger partial charge in [0.15, 0.2) is 0 Å². The molecule has 2 aliphatic rings. The number of alkyl halides is 2. The summed E-state index contributed by atoms with van der Waals surface area (Å²) in [4.78, 5) is 0. The second kappa shape index (κ2) is 5.01. The molecular weight excluding hydrogens is 206 g/mol. The zero-order valence-corrected chi connectivity index (χ0v) is 10.5. The molecular formula is C14H26F2. The minimum atomic E-state index is -1.21.